The molecule has 1 rings (SSSR count). The summed E-state index contributed by atoms with van der Waals surface area (Å²) < 4.78 is 14.3. The number of hydrogen-bond donors (Lipinski definition) is 2. The van der Waals surface area contributed by atoms with Crippen molar-refractivity contribution in [3.8, 4) is 0 Å². The molecule has 0 radical (unpaired) electrons. The topological polar surface area (TPSA) is 117 Å². The van der Waals surface area contributed by atoms with E-state index in [9.17, 15) is 14.4 Å². The molecule has 27 heavy (non-hydrogen) atoms. The summed E-state index contributed by atoms with van der Waals surface area (Å²) in [5.74, 6) is -1.52. The maximum Gasteiger partial charge on any atom is 0.408 e. The number of nitrogens with two attached hydrogens (primary N) is 1. The average Bonchev–Trinajstić information content (AvgIpc) is 2.65. The molecule has 0 heterocycles. The molecule has 0 saturated heterocycles. The van der Waals surface area contributed by atoms with Crippen LogP contribution in [0.25, 0.3) is 0 Å². The quantitative estimate of drug-likeness (QED) is 0.322. The zero-order valence-corrected chi connectivity index (χ0v) is 15.8. The lowest BCUT2D eigenvalue weighted by atomic mass is 9.99. The van der Waals surface area contributed by atoms with E-state index >= 15 is 0 Å². The van der Waals surface area contributed by atoms with E-state index in [-0.39, 0.29) is 17.9 Å². The lowest BCUT2D eigenvalue weighted by molar-refractivity contribution is -0.138. The van der Waals surface area contributed by atoms with Crippen LogP contribution in [0.5, 0.6) is 0 Å². The van der Waals surface area contributed by atoms with E-state index in [1.165, 1.54) is 20.3 Å². The van der Waals surface area contributed by atoms with Crippen molar-refractivity contribution in [3.05, 3.63) is 59.3 Å². The van der Waals surface area contributed by atoms with Crippen molar-refractivity contribution in [1.82, 2.24) is 5.32 Å². The summed E-state index contributed by atoms with van der Waals surface area (Å²) in [5, 5.41) is 2.61. The Labute approximate surface area is 158 Å². The Morgan fingerprint density at radius 3 is 2.26 bits per heavy atom. The molecule has 0 aliphatic carbocycles. The van der Waals surface area contributed by atoms with Crippen molar-refractivity contribution in [2.45, 2.75) is 26.0 Å². The Hall–Kier alpha value is -3.29. The van der Waals surface area contributed by atoms with Crippen molar-refractivity contribution in [2.75, 3.05) is 14.2 Å². The van der Waals surface area contributed by atoms with Crippen molar-refractivity contribution in [2.24, 2.45) is 5.73 Å². The average molecular weight is 376 g/mol. The van der Waals surface area contributed by atoms with E-state index in [4.69, 9.17) is 10.5 Å². The van der Waals surface area contributed by atoms with E-state index in [1.807, 2.05) is 30.3 Å². The van der Waals surface area contributed by atoms with Crippen LogP contribution in [0.4, 0.5) is 4.79 Å². The van der Waals surface area contributed by atoms with Crippen molar-refractivity contribution in [1.29, 1.82) is 0 Å². The summed E-state index contributed by atoms with van der Waals surface area (Å²) in [6.45, 7) is 3.34. The fourth-order valence-corrected chi connectivity index (χ4v) is 1.90. The van der Waals surface area contributed by atoms with Crippen LogP contribution >= 0.6 is 0 Å². The number of rotatable bonds is 7. The second kappa shape index (κ2) is 10.0. The zero-order valence-electron chi connectivity index (χ0n) is 15.8. The van der Waals surface area contributed by atoms with E-state index < -0.39 is 23.6 Å². The van der Waals surface area contributed by atoms with Gasteiger partial charge in [0, 0.05) is 11.8 Å². The molecule has 3 N–H and O–H groups in total. The number of esters is 2. The van der Waals surface area contributed by atoms with Gasteiger partial charge in [-0.15, -0.1) is 0 Å². The number of nitrogens with one attached hydrogen (secondary N) is 1. The van der Waals surface area contributed by atoms with Gasteiger partial charge in [0.25, 0.3) is 0 Å². The monoisotopic (exact) mass is 376 g/mol. The molecule has 0 spiro atoms. The zero-order chi connectivity index (χ0) is 20.4. The number of ether oxygens (including phenoxy) is 3. The molecule has 1 aromatic rings. The molecule has 0 atom stereocenters. The first-order chi connectivity index (χ1) is 12.7. The number of alkyl carbamates (subject to hydrolysis) is 1. The van der Waals surface area contributed by atoms with Crippen LogP contribution < -0.4 is 11.1 Å². The highest BCUT2D eigenvalue weighted by atomic mass is 16.5. The Balaban J connectivity index is 2.84. The molecule has 146 valence electrons. The van der Waals surface area contributed by atoms with Crippen LogP contribution in [0.3, 0.4) is 0 Å². The smallest absolute Gasteiger partial charge is 0.408 e. The second-order valence-electron chi connectivity index (χ2n) is 6.03. The summed E-state index contributed by atoms with van der Waals surface area (Å²) >= 11 is 0. The largest absolute Gasteiger partial charge is 0.466 e. The first-order valence-corrected chi connectivity index (χ1v) is 8.04. The number of methoxy groups -OCH3 is 2. The first kappa shape index (κ1) is 21.8. The lowest BCUT2D eigenvalue weighted by Gasteiger charge is -2.26. The van der Waals surface area contributed by atoms with Gasteiger partial charge in [0.1, 0.15) is 6.61 Å². The van der Waals surface area contributed by atoms with Crippen LogP contribution in [0.1, 0.15) is 19.4 Å². The molecule has 1 amide bonds. The normalized spacial score (nSPS) is 12.1. The molecular weight excluding hydrogens is 352 g/mol. The third-order valence-corrected chi connectivity index (χ3v) is 3.56. The number of benzene rings is 1. The predicted molar refractivity (Wildman–Crippen MR) is 98.2 cm³/mol. The van der Waals surface area contributed by atoms with Gasteiger partial charge >= 0.3 is 18.0 Å². The molecule has 0 aliphatic rings. The fourth-order valence-electron chi connectivity index (χ4n) is 1.90. The summed E-state index contributed by atoms with van der Waals surface area (Å²) in [5.41, 5.74) is 5.78. The van der Waals surface area contributed by atoms with Crippen molar-refractivity contribution >= 4 is 18.0 Å². The minimum atomic E-state index is -1.06. The molecule has 1 aromatic carbocycles. The van der Waals surface area contributed by atoms with Gasteiger partial charge in [-0.2, -0.15) is 0 Å². The number of carbonyl (C=O) groups is 3. The van der Waals surface area contributed by atoms with Crippen molar-refractivity contribution < 1.29 is 28.6 Å². The van der Waals surface area contributed by atoms with Crippen LogP contribution in [0.15, 0.2) is 53.8 Å². The molecule has 8 nitrogen and oxygen atoms in total. The van der Waals surface area contributed by atoms with Crippen LogP contribution in [0.2, 0.25) is 0 Å². The summed E-state index contributed by atoms with van der Waals surface area (Å²) in [7, 11) is 2.34. The van der Waals surface area contributed by atoms with E-state index in [0.29, 0.717) is 0 Å². The maximum absolute atomic E-state index is 12.0. The van der Waals surface area contributed by atoms with Gasteiger partial charge in [-0.1, -0.05) is 30.3 Å². The Morgan fingerprint density at radius 2 is 1.70 bits per heavy atom. The van der Waals surface area contributed by atoms with Gasteiger partial charge < -0.3 is 25.3 Å². The molecule has 0 bridgehead atoms. The molecule has 0 unspecified atom stereocenters. The third kappa shape index (κ3) is 7.23. The highest BCUT2D eigenvalue weighted by Gasteiger charge is 2.25. The minimum Gasteiger partial charge on any atom is -0.466 e. The van der Waals surface area contributed by atoms with E-state index in [0.717, 1.165) is 11.6 Å². The fraction of sp³-hybridized carbons (Fsp3) is 0.316. The van der Waals surface area contributed by atoms with Crippen LogP contribution in [-0.2, 0) is 30.4 Å². The summed E-state index contributed by atoms with van der Waals surface area (Å²) in [6, 6.07) is 9.19. The first-order valence-electron chi connectivity index (χ1n) is 8.04. The lowest BCUT2D eigenvalue weighted by Crippen LogP contribution is -2.47. The minimum absolute atomic E-state index is 0.0992. The van der Waals surface area contributed by atoms with Gasteiger partial charge in [-0.25, -0.2) is 14.4 Å². The highest BCUT2D eigenvalue weighted by Crippen LogP contribution is 2.15. The van der Waals surface area contributed by atoms with Gasteiger partial charge in [-0.3, -0.25) is 0 Å². The molecule has 0 fully saturated rings. The Kier molecular flexibility index (Phi) is 8.06. The van der Waals surface area contributed by atoms with Crippen molar-refractivity contribution in [3.63, 3.8) is 0 Å². The maximum atomic E-state index is 12.0. The Morgan fingerprint density at radius 1 is 1.07 bits per heavy atom. The Bertz CT molecular complexity index is 738. The van der Waals surface area contributed by atoms with Gasteiger partial charge in [0.05, 0.1) is 25.3 Å². The molecule has 0 aliphatic heterocycles. The molecular formula is C19H24N2O6. The molecule has 0 saturated carbocycles. The van der Waals surface area contributed by atoms with Gasteiger partial charge in [-0.05, 0) is 25.5 Å². The van der Waals surface area contributed by atoms with Gasteiger partial charge in [0.2, 0.25) is 0 Å². The molecule has 0 aromatic heterocycles. The second-order valence-corrected chi connectivity index (χ2v) is 6.03. The van der Waals surface area contributed by atoms with Crippen LogP contribution in [0, 0.1) is 0 Å². The SMILES string of the molecule is COC(=O)C=C(/C=C(\N)C(C)(C)NC(=O)OCc1ccccc1)C(=O)OC. The third-order valence-electron chi connectivity index (χ3n) is 3.56. The van der Waals surface area contributed by atoms with E-state index in [2.05, 4.69) is 14.8 Å². The number of carbonyl (C=O) groups excluding carboxylic acids is 3. The van der Waals surface area contributed by atoms with Gasteiger partial charge in [0.15, 0.2) is 0 Å². The molecule has 8 heteroatoms. The standard InChI is InChI=1S/C19H24N2O6/c1-19(2,21-18(24)27-12-13-8-6-5-7-9-13)15(20)10-14(17(23)26-4)11-16(22)25-3/h5-11H,12,20H2,1-4H3,(H,21,24)/b14-11?,15-10-. The van der Waals surface area contributed by atoms with Crippen LogP contribution in [-0.4, -0.2) is 37.8 Å². The predicted octanol–water partition coefficient (Wildman–Crippen LogP) is 1.81. The van der Waals surface area contributed by atoms with E-state index in [1.54, 1.807) is 13.8 Å². The number of amides is 1. The highest BCUT2D eigenvalue weighted by molar-refractivity contribution is 5.98. The summed E-state index contributed by atoms with van der Waals surface area (Å²) in [4.78, 5) is 35.2. The number of hydrogen-bond acceptors (Lipinski definition) is 7. The summed E-state index contributed by atoms with van der Waals surface area (Å²) in [6.07, 6.45) is 1.50.